The third-order valence-corrected chi connectivity index (χ3v) is 9.01. The molecule has 0 unspecified atom stereocenters. The minimum Gasteiger partial charge on any atom is -0.496 e. The molecule has 0 spiro atoms. The molecule has 5 amide bonds. The lowest BCUT2D eigenvalue weighted by atomic mass is 9.95. The van der Waals surface area contributed by atoms with Gasteiger partial charge < -0.3 is 50.9 Å². The summed E-state index contributed by atoms with van der Waals surface area (Å²) < 4.78 is 22.1. The summed E-state index contributed by atoms with van der Waals surface area (Å²) in [4.78, 5) is 81.6. The monoisotopic (exact) mass is 842 g/mol. The largest absolute Gasteiger partial charge is 0.496 e. The van der Waals surface area contributed by atoms with E-state index in [0.717, 1.165) is 22.1 Å². The van der Waals surface area contributed by atoms with Crippen molar-refractivity contribution in [1.82, 2.24) is 26.3 Å². The van der Waals surface area contributed by atoms with Gasteiger partial charge in [0, 0.05) is 42.1 Å². The number of carbonyl (C=O) groups is 6. The first kappa shape index (κ1) is 47.1. The van der Waals surface area contributed by atoms with Gasteiger partial charge in [-0.15, -0.1) is 0 Å². The molecule has 0 aliphatic heterocycles. The average Bonchev–Trinajstić information content (AvgIpc) is 3.60. The van der Waals surface area contributed by atoms with Gasteiger partial charge in [0.15, 0.2) is 0 Å². The van der Waals surface area contributed by atoms with Crippen molar-refractivity contribution in [1.29, 1.82) is 0 Å². The van der Waals surface area contributed by atoms with Crippen LogP contribution < -0.4 is 31.7 Å². The molecule has 0 aliphatic rings. The molecule has 0 saturated carbocycles. The van der Waals surface area contributed by atoms with E-state index < -0.39 is 65.7 Å². The highest BCUT2D eigenvalue weighted by Gasteiger charge is 2.32. The van der Waals surface area contributed by atoms with Gasteiger partial charge in [-0.05, 0) is 76.8 Å². The third-order valence-electron chi connectivity index (χ3n) is 9.01. The van der Waals surface area contributed by atoms with Crippen molar-refractivity contribution in [2.24, 2.45) is 5.73 Å². The van der Waals surface area contributed by atoms with Crippen molar-refractivity contribution in [3.8, 4) is 16.9 Å². The second-order valence-corrected chi connectivity index (χ2v) is 16.5. The molecule has 4 rings (SSSR count). The van der Waals surface area contributed by atoms with Crippen molar-refractivity contribution >= 4 is 46.8 Å². The van der Waals surface area contributed by atoms with Crippen molar-refractivity contribution in [3.05, 3.63) is 89.6 Å². The summed E-state index contributed by atoms with van der Waals surface area (Å²) in [5, 5.41) is 11.5. The average molecular weight is 843 g/mol. The molecular formula is C45H58N6O10. The number of rotatable bonds is 18. The Kier molecular flexibility index (Phi) is 16.3. The quantitative estimate of drug-likeness (QED) is 0.0556. The van der Waals surface area contributed by atoms with Gasteiger partial charge in [0.1, 0.15) is 41.7 Å². The van der Waals surface area contributed by atoms with Gasteiger partial charge in [-0.1, -0.05) is 61.5 Å². The van der Waals surface area contributed by atoms with E-state index in [2.05, 4.69) is 26.3 Å². The van der Waals surface area contributed by atoms with Crippen molar-refractivity contribution in [3.63, 3.8) is 0 Å². The van der Waals surface area contributed by atoms with E-state index in [4.69, 9.17) is 24.7 Å². The number of ether oxygens (including phenoxy) is 4. The Labute approximate surface area is 356 Å². The van der Waals surface area contributed by atoms with Gasteiger partial charge in [0.2, 0.25) is 17.7 Å². The van der Waals surface area contributed by atoms with Crippen LogP contribution in [0.2, 0.25) is 0 Å². The molecule has 3 atom stereocenters. The number of benzene rings is 3. The number of esters is 1. The van der Waals surface area contributed by atoms with Crippen LogP contribution >= 0.6 is 0 Å². The maximum Gasteiger partial charge on any atom is 0.408 e. The van der Waals surface area contributed by atoms with Crippen LogP contribution in [0.3, 0.4) is 0 Å². The molecule has 3 aromatic carbocycles. The zero-order valence-corrected chi connectivity index (χ0v) is 36.1. The van der Waals surface area contributed by atoms with E-state index in [1.54, 1.807) is 84.1 Å². The topological polar surface area (TPSA) is 229 Å². The van der Waals surface area contributed by atoms with E-state index in [0.29, 0.717) is 35.4 Å². The maximum absolute atomic E-state index is 14.0. The Balaban J connectivity index is 1.68. The number of carbonyl (C=O) groups excluding carboxylic acids is 6. The number of nitrogens with two attached hydrogens (primary N) is 1. The second kappa shape index (κ2) is 21.1. The first-order chi connectivity index (χ1) is 28.8. The fourth-order valence-electron chi connectivity index (χ4n) is 6.34. The van der Waals surface area contributed by atoms with Gasteiger partial charge in [-0.2, -0.15) is 0 Å². The van der Waals surface area contributed by atoms with Gasteiger partial charge in [-0.25, -0.2) is 14.4 Å². The predicted molar refractivity (Wildman–Crippen MR) is 229 cm³/mol. The molecule has 16 nitrogen and oxygen atoms in total. The summed E-state index contributed by atoms with van der Waals surface area (Å²) in [6.45, 7) is 12.4. The molecule has 328 valence electrons. The molecule has 4 aromatic rings. The van der Waals surface area contributed by atoms with Crippen LogP contribution in [0, 0.1) is 0 Å². The lowest BCUT2D eigenvalue weighted by Gasteiger charge is -2.26. The minimum atomic E-state index is -1.43. The van der Waals surface area contributed by atoms with Gasteiger partial charge in [-0.3, -0.25) is 14.4 Å². The second-order valence-electron chi connectivity index (χ2n) is 16.5. The normalized spacial score (nSPS) is 12.9. The SMILES string of the molecule is CCCNC(=O)[C@H](Cc1c[nH]c2c(-c3cc(C[C@H](NC(=O)OCc4ccccc4)C(=O)N[C@@H](CC(N)=O)C(=O)OC(C)(C)C)ccc3OC)cccc12)NC(=O)OC(C)(C)C. The Bertz CT molecular complexity index is 2170. The lowest BCUT2D eigenvalue weighted by molar-refractivity contribution is -0.159. The highest BCUT2D eigenvalue weighted by molar-refractivity contribution is 5.98. The number of primary amides is 1. The van der Waals surface area contributed by atoms with Crippen molar-refractivity contribution in [2.45, 2.75) is 110 Å². The summed E-state index contributed by atoms with van der Waals surface area (Å²) in [6, 6.07) is 16.2. The lowest BCUT2D eigenvalue weighted by Crippen LogP contribution is -2.54. The van der Waals surface area contributed by atoms with Gasteiger partial charge in [0.05, 0.1) is 19.0 Å². The molecule has 0 aliphatic carbocycles. The Morgan fingerprint density at radius 1 is 0.721 bits per heavy atom. The van der Waals surface area contributed by atoms with Crippen LogP contribution in [0.15, 0.2) is 72.9 Å². The molecule has 7 N–H and O–H groups in total. The van der Waals surface area contributed by atoms with Crippen LogP contribution in [0.4, 0.5) is 9.59 Å². The third kappa shape index (κ3) is 14.6. The van der Waals surface area contributed by atoms with E-state index in [-0.39, 0.29) is 25.4 Å². The smallest absolute Gasteiger partial charge is 0.408 e. The molecular weight excluding hydrogens is 785 g/mol. The number of aromatic amines is 1. The molecule has 0 bridgehead atoms. The number of H-pyrrole nitrogens is 1. The number of hydrogen-bond donors (Lipinski definition) is 6. The van der Waals surface area contributed by atoms with Gasteiger partial charge >= 0.3 is 18.2 Å². The van der Waals surface area contributed by atoms with Crippen LogP contribution in [0.1, 0.15) is 78.0 Å². The first-order valence-corrected chi connectivity index (χ1v) is 20.1. The van der Waals surface area contributed by atoms with Crippen molar-refractivity contribution in [2.75, 3.05) is 13.7 Å². The number of alkyl carbamates (subject to hydrolysis) is 2. The fraction of sp³-hybridized carbons (Fsp3) is 0.422. The van der Waals surface area contributed by atoms with E-state index >= 15 is 0 Å². The summed E-state index contributed by atoms with van der Waals surface area (Å²) in [7, 11) is 1.52. The standard InChI is InChI=1S/C45H58N6O10/c1-9-20-47-39(53)34(51-43(57)61-45(5,6)7)23-29-25-48-38-30(29)16-13-17-31(38)32-21-28(18-19-36(32)58-8)22-33(50-42(56)59-26-27-14-11-10-12-15-27)40(54)49-35(24-37(46)52)41(55)60-44(2,3)4/h10-19,21,25,33-35,48H,9,20,22-24,26H2,1-8H3,(H2,46,52)(H,47,53)(H,49,54)(H,50,56)(H,51,57)/t33-,34-,35-/m0/s1. The van der Waals surface area contributed by atoms with E-state index in [9.17, 15) is 28.8 Å². The molecule has 0 radical (unpaired) electrons. The summed E-state index contributed by atoms with van der Waals surface area (Å²) in [5.41, 5.74) is 7.87. The maximum atomic E-state index is 14.0. The number of para-hydroxylation sites is 1. The Morgan fingerprint density at radius 3 is 2.03 bits per heavy atom. The van der Waals surface area contributed by atoms with Crippen LogP contribution in [0.5, 0.6) is 5.75 Å². The molecule has 1 aromatic heterocycles. The van der Waals surface area contributed by atoms with E-state index in [1.807, 2.05) is 37.3 Å². The number of amides is 5. The van der Waals surface area contributed by atoms with Gasteiger partial charge in [0.25, 0.3) is 0 Å². The number of fused-ring (bicyclic) bond motifs is 1. The number of aromatic nitrogens is 1. The summed E-state index contributed by atoms with van der Waals surface area (Å²) in [5.74, 6) is -2.36. The molecule has 0 saturated heterocycles. The van der Waals surface area contributed by atoms with Crippen LogP contribution in [-0.2, 0) is 52.8 Å². The van der Waals surface area contributed by atoms with E-state index in [1.165, 1.54) is 7.11 Å². The molecule has 61 heavy (non-hydrogen) atoms. The zero-order chi connectivity index (χ0) is 44.9. The van der Waals surface area contributed by atoms with Crippen LogP contribution in [0.25, 0.3) is 22.0 Å². The number of nitrogens with one attached hydrogen (secondary N) is 5. The minimum absolute atomic E-state index is 0.0702. The highest BCUT2D eigenvalue weighted by Crippen LogP contribution is 2.37. The highest BCUT2D eigenvalue weighted by atomic mass is 16.6. The molecule has 0 fully saturated rings. The number of methoxy groups -OCH3 is 1. The number of hydrogen-bond acceptors (Lipinski definition) is 10. The van der Waals surface area contributed by atoms with Crippen molar-refractivity contribution < 1.29 is 47.7 Å². The molecule has 16 heteroatoms. The first-order valence-electron chi connectivity index (χ1n) is 20.1. The predicted octanol–water partition coefficient (Wildman–Crippen LogP) is 5.34. The Hall–Kier alpha value is -6.58. The Morgan fingerprint density at radius 2 is 1.39 bits per heavy atom. The zero-order valence-electron chi connectivity index (χ0n) is 36.1. The van der Waals surface area contributed by atoms with Crippen LogP contribution in [-0.4, -0.2) is 83.8 Å². The summed E-state index contributed by atoms with van der Waals surface area (Å²) >= 11 is 0. The molecule has 1 heterocycles. The summed E-state index contributed by atoms with van der Waals surface area (Å²) in [6.07, 6.45) is 0.403. The fourth-order valence-corrected chi connectivity index (χ4v) is 6.34.